The number of rotatable bonds is 4. The fourth-order valence-corrected chi connectivity index (χ4v) is 7.23. The van der Waals surface area contributed by atoms with Crippen LogP contribution in [0.4, 0.5) is 15.8 Å². The van der Waals surface area contributed by atoms with Gasteiger partial charge >= 0.3 is 0 Å². The molecule has 0 spiro atoms. The van der Waals surface area contributed by atoms with Gasteiger partial charge in [0.2, 0.25) is 5.91 Å². The van der Waals surface area contributed by atoms with E-state index in [9.17, 15) is 17.6 Å². The molecule has 2 aliphatic rings. The van der Waals surface area contributed by atoms with E-state index in [1.807, 2.05) is 6.07 Å². The Hall–Kier alpha value is -2.10. The van der Waals surface area contributed by atoms with E-state index in [0.29, 0.717) is 21.6 Å². The number of aliphatic imine (C=N–C) groups is 1. The number of benzene rings is 2. The van der Waals surface area contributed by atoms with Crippen LogP contribution in [0.25, 0.3) is 0 Å². The van der Waals surface area contributed by atoms with Gasteiger partial charge in [0.05, 0.1) is 17.5 Å². The highest BCUT2D eigenvalue weighted by molar-refractivity contribution is 8.15. The summed E-state index contributed by atoms with van der Waals surface area (Å²) in [6, 6.07) is 12.2. The van der Waals surface area contributed by atoms with Gasteiger partial charge in [-0.15, -0.1) is 0 Å². The third-order valence-electron chi connectivity index (χ3n) is 4.59. The van der Waals surface area contributed by atoms with E-state index >= 15 is 0 Å². The molecule has 0 aromatic heterocycles. The number of nitrogens with zero attached hydrogens (tertiary/aromatic N) is 2. The first-order valence-electron chi connectivity index (χ1n) is 8.82. The summed E-state index contributed by atoms with van der Waals surface area (Å²) < 4.78 is 36.7. The zero-order chi connectivity index (χ0) is 20.6. The highest BCUT2D eigenvalue weighted by Gasteiger charge is 2.44. The minimum Gasteiger partial charge on any atom is -0.325 e. The first-order chi connectivity index (χ1) is 13.8. The average molecular weight is 454 g/mol. The van der Waals surface area contributed by atoms with Crippen LogP contribution < -0.4 is 10.2 Å². The van der Waals surface area contributed by atoms with Crippen LogP contribution in [0, 0.1) is 5.82 Å². The van der Waals surface area contributed by atoms with Crippen molar-refractivity contribution in [3.8, 4) is 0 Å². The molecular formula is C19H17ClFN3O3S2. The number of hydrogen-bond acceptors (Lipinski definition) is 6. The fourth-order valence-electron chi connectivity index (χ4n) is 3.26. The van der Waals surface area contributed by atoms with Crippen LogP contribution in [0.15, 0.2) is 53.5 Å². The number of amides is 1. The van der Waals surface area contributed by atoms with Gasteiger partial charge in [0.1, 0.15) is 12.4 Å². The molecule has 1 saturated heterocycles. The van der Waals surface area contributed by atoms with Crippen molar-refractivity contribution in [2.24, 2.45) is 4.99 Å². The second-order valence-corrected chi connectivity index (χ2v) is 10.6. The molecule has 6 nitrogen and oxygen atoms in total. The molecule has 2 aromatic rings. The summed E-state index contributed by atoms with van der Waals surface area (Å²) in [4.78, 5) is 18.9. The fraction of sp³-hybridized carbons (Fsp3) is 0.263. The zero-order valence-corrected chi connectivity index (χ0v) is 17.5. The van der Waals surface area contributed by atoms with Crippen LogP contribution in [0.3, 0.4) is 0 Å². The van der Waals surface area contributed by atoms with Crippen LogP contribution in [-0.4, -0.2) is 48.8 Å². The maximum atomic E-state index is 13.1. The number of carbonyl (C=O) groups excluding carboxylic acids is 1. The standard InChI is InChI=1S/C19H17ClFN3O3S2/c20-12-2-1-3-15(8-12)24(9-18(25)22-14-6-4-13(21)5-7-14)19-23-16-10-29(26,27)11-17(16)28-19/h1-8,16-17H,9-11H2,(H,22,25)/t16-,17+/m1/s1. The Morgan fingerprint density at radius 1 is 1.24 bits per heavy atom. The van der Waals surface area contributed by atoms with E-state index in [0.717, 1.165) is 0 Å². The molecule has 0 bridgehead atoms. The van der Waals surface area contributed by atoms with E-state index in [2.05, 4.69) is 10.3 Å². The number of halogens is 2. The molecule has 1 amide bonds. The number of sulfone groups is 1. The molecule has 4 rings (SSSR count). The van der Waals surface area contributed by atoms with Crippen LogP contribution in [0.2, 0.25) is 5.02 Å². The van der Waals surface area contributed by atoms with E-state index in [1.54, 1.807) is 23.1 Å². The van der Waals surface area contributed by atoms with Crippen molar-refractivity contribution in [2.45, 2.75) is 11.3 Å². The van der Waals surface area contributed by atoms with E-state index in [-0.39, 0.29) is 41.1 Å². The van der Waals surface area contributed by atoms with Crippen molar-refractivity contribution < 1.29 is 17.6 Å². The Kier molecular flexibility index (Phi) is 5.54. The van der Waals surface area contributed by atoms with Crippen LogP contribution >= 0.6 is 23.4 Å². The van der Waals surface area contributed by atoms with Gasteiger partial charge in [0, 0.05) is 21.6 Å². The predicted molar refractivity (Wildman–Crippen MR) is 115 cm³/mol. The quantitative estimate of drug-likeness (QED) is 0.769. The van der Waals surface area contributed by atoms with Crippen molar-refractivity contribution in [1.82, 2.24) is 0 Å². The van der Waals surface area contributed by atoms with Crippen molar-refractivity contribution >= 4 is 55.6 Å². The number of thioether (sulfide) groups is 1. The maximum Gasteiger partial charge on any atom is 0.244 e. The van der Waals surface area contributed by atoms with E-state index in [1.165, 1.54) is 36.0 Å². The highest BCUT2D eigenvalue weighted by Crippen LogP contribution is 2.37. The highest BCUT2D eigenvalue weighted by atomic mass is 35.5. The SMILES string of the molecule is O=C(CN(C1=N[C@@H]2CS(=O)(=O)C[C@@H]2S1)c1cccc(Cl)c1)Nc1ccc(F)cc1. The summed E-state index contributed by atoms with van der Waals surface area (Å²) in [5.41, 5.74) is 1.16. The lowest BCUT2D eigenvalue weighted by Gasteiger charge is -2.24. The Labute approximate surface area is 177 Å². The van der Waals surface area contributed by atoms with Gasteiger partial charge in [-0.2, -0.15) is 0 Å². The molecule has 0 aliphatic carbocycles. The second kappa shape index (κ2) is 7.97. The molecule has 152 valence electrons. The largest absolute Gasteiger partial charge is 0.325 e. The summed E-state index contributed by atoms with van der Waals surface area (Å²) in [5, 5.41) is 3.69. The number of anilines is 2. The Bertz CT molecular complexity index is 1080. The number of carbonyl (C=O) groups is 1. The summed E-state index contributed by atoms with van der Waals surface area (Å²) in [6.45, 7) is -0.0459. The van der Waals surface area contributed by atoms with Crippen molar-refractivity contribution in [3.63, 3.8) is 0 Å². The van der Waals surface area contributed by atoms with Gasteiger partial charge in [0.25, 0.3) is 0 Å². The lowest BCUT2D eigenvalue weighted by molar-refractivity contribution is -0.114. The topological polar surface area (TPSA) is 78.8 Å². The second-order valence-electron chi connectivity index (χ2n) is 6.83. The van der Waals surface area contributed by atoms with Gasteiger partial charge in [-0.3, -0.25) is 9.79 Å². The van der Waals surface area contributed by atoms with Crippen molar-refractivity contribution in [1.29, 1.82) is 0 Å². The molecule has 2 aliphatic heterocycles. The third-order valence-corrected chi connectivity index (χ3v) is 8.07. The predicted octanol–water partition coefficient (Wildman–Crippen LogP) is 3.19. The number of amidine groups is 1. The first kappa shape index (κ1) is 20.2. The number of hydrogen-bond donors (Lipinski definition) is 1. The molecular weight excluding hydrogens is 437 g/mol. The first-order valence-corrected chi connectivity index (χ1v) is 11.9. The molecule has 0 saturated carbocycles. The summed E-state index contributed by atoms with van der Waals surface area (Å²) in [5.74, 6) is -0.592. The lowest BCUT2D eigenvalue weighted by atomic mass is 10.2. The van der Waals surface area contributed by atoms with Crippen LogP contribution in [-0.2, 0) is 14.6 Å². The number of fused-ring (bicyclic) bond motifs is 1. The van der Waals surface area contributed by atoms with Gasteiger partial charge in [-0.1, -0.05) is 29.4 Å². The third kappa shape index (κ3) is 4.73. The van der Waals surface area contributed by atoms with E-state index in [4.69, 9.17) is 11.6 Å². The Morgan fingerprint density at radius 3 is 2.69 bits per heavy atom. The summed E-state index contributed by atoms with van der Waals surface area (Å²) in [7, 11) is -3.07. The molecule has 29 heavy (non-hydrogen) atoms. The Morgan fingerprint density at radius 2 is 2.00 bits per heavy atom. The molecule has 0 unspecified atom stereocenters. The van der Waals surface area contributed by atoms with Crippen molar-refractivity contribution in [2.75, 3.05) is 28.3 Å². The average Bonchev–Trinajstić information content (AvgIpc) is 3.15. The smallest absolute Gasteiger partial charge is 0.244 e. The van der Waals surface area contributed by atoms with Crippen LogP contribution in [0.1, 0.15) is 0 Å². The molecule has 10 heteroatoms. The minimum atomic E-state index is -3.07. The van der Waals surface area contributed by atoms with E-state index < -0.39 is 9.84 Å². The summed E-state index contributed by atoms with van der Waals surface area (Å²) in [6.07, 6.45) is 0. The molecule has 1 N–H and O–H groups in total. The molecule has 2 heterocycles. The Balaban J connectivity index is 1.56. The summed E-state index contributed by atoms with van der Waals surface area (Å²) >= 11 is 7.49. The van der Waals surface area contributed by atoms with Crippen LogP contribution in [0.5, 0.6) is 0 Å². The number of nitrogens with one attached hydrogen (secondary N) is 1. The monoisotopic (exact) mass is 453 g/mol. The molecule has 2 aromatic carbocycles. The van der Waals surface area contributed by atoms with Gasteiger partial charge in [-0.25, -0.2) is 12.8 Å². The zero-order valence-electron chi connectivity index (χ0n) is 15.1. The minimum absolute atomic E-state index is 0.0271. The lowest BCUT2D eigenvalue weighted by Crippen LogP contribution is -2.36. The molecule has 0 radical (unpaired) electrons. The van der Waals surface area contributed by atoms with Crippen molar-refractivity contribution in [3.05, 3.63) is 59.4 Å². The van der Waals surface area contributed by atoms with Gasteiger partial charge < -0.3 is 10.2 Å². The maximum absolute atomic E-state index is 13.1. The molecule has 1 fully saturated rings. The van der Waals surface area contributed by atoms with Gasteiger partial charge in [0.15, 0.2) is 15.0 Å². The normalized spacial score (nSPS) is 22.1. The molecule has 2 atom stereocenters. The van der Waals surface area contributed by atoms with Gasteiger partial charge in [-0.05, 0) is 42.5 Å².